The monoisotopic (exact) mass is 322 g/mol. The van der Waals surface area contributed by atoms with E-state index in [0.29, 0.717) is 6.04 Å². The molecule has 0 aliphatic rings. The number of rotatable bonds is 5. The van der Waals surface area contributed by atoms with E-state index in [0.717, 1.165) is 34.6 Å². The van der Waals surface area contributed by atoms with Gasteiger partial charge in [-0.3, -0.25) is 4.57 Å². The third-order valence-corrected chi connectivity index (χ3v) is 3.31. The summed E-state index contributed by atoms with van der Waals surface area (Å²) in [4.78, 5) is 8.90. The number of hydrogen-bond donors (Lipinski definition) is 1. The summed E-state index contributed by atoms with van der Waals surface area (Å²) in [6, 6.07) is 2.55. The van der Waals surface area contributed by atoms with Crippen LogP contribution in [0.3, 0.4) is 0 Å². The van der Waals surface area contributed by atoms with Crippen LogP contribution in [-0.4, -0.2) is 20.6 Å². The summed E-state index contributed by atoms with van der Waals surface area (Å²) < 4.78 is 3.05. The van der Waals surface area contributed by atoms with Gasteiger partial charge < -0.3 is 5.32 Å². The molecule has 0 unspecified atom stereocenters. The van der Waals surface area contributed by atoms with E-state index in [1.165, 1.54) is 0 Å². The average Bonchev–Trinajstić information content (AvgIpc) is 2.84. The Bertz CT molecular complexity index is 548. The van der Waals surface area contributed by atoms with Gasteiger partial charge in [0.05, 0.1) is 0 Å². The van der Waals surface area contributed by atoms with E-state index in [9.17, 15) is 0 Å². The minimum atomic E-state index is 0.445. The molecule has 0 bridgehead atoms. The molecule has 1 N–H and O–H groups in total. The fraction of sp³-hybridized carbons (Fsp3) is 0.429. The maximum absolute atomic E-state index is 4.54. The van der Waals surface area contributed by atoms with Gasteiger partial charge in [0.2, 0.25) is 0 Å². The Hall–Kier alpha value is -1.20. The molecule has 0 aliphatic heterocycles. The maximum Gasteiger partial charge on any atom is 0.142 e. The molecule has 0 amide bonds. The van der Waals surface area contributed by atoms with Gasteiger partial charge in [-0.1, -0.05) is 20.8 Å². The van der Waals surface area contributed by atoms with Crippen molar-refractivity contribution in [1.29, 1.82) is 0 Å². The topological polar surface area (TPSA) is 42.7 Å². The molecule has 2 aromatic rings. The Balaban J connectivity index is 2.39. The molecular formula is C14H19BrN4. The first-order valence-corrected chi connectivity index (χ1v) is 7.31. The summed E-state index contributed by atoms with van der Waals surface area (Å²) in [6.07, 6.45) is 6.51. The Labute approximate surface area is 122 Å². The van der Waals surface area contributed by atoms with Crippen LogP contribution < -0.4 is 5.32 Å². The Kier molecular flexibility index (Phi) is 4.71. The Morgan fingerprint density at radius 2 is 2.16 bits per heavy atom. The largest absolute Gasteiger partial charge is 0.310 e. The van der Waals surface area contributed by atoms with Crippen molar-refractivity contribution in [2.75, 3.05) is 0 Å². The minimum absolute atomic E-state index is 0.445. The smallest absolute Gasteiger partial charge is 0.142 e. The van der Waals surface area contributed by atoms with Crippen LogP contribution in [0.15, 0.2) is 29.1 Å². The number of nitrogens with one attached hydrogen (secondary N) is 1. The summed E-state index contributed by atoms with van der Waals surface area (Å²) in [5.41, 5.74) is 1.16. The van der Waals surface area contributed by atoms with Gasteiger partial charge in [0, 0.05) is 47.6 Å². The van der Waals surface area contributed by atoms with E-state index in [-0.39, 0.29) is 0 Å². The highest BCUT2D eigenvalue weighted by atomic mass is 79.9. The van der Waals surface area contributed by atoms with Crippen molar-refractivity contribution in [2.24, 2.45) is 0 Å². The summed E-state index contributed by atoms with van der Waals surface area (Å²) in [5, 5.41) is 3.43. The molecule has 5 heteroatoms. The molecule has 0 atom stereocenters. The molecule has 19 heavy (non-hydrogen) atoms. The van der Waals surface area contributed by atoms with Crippen molar-refractivity contribution < 1.29 is 0 Å². The molecule has 0 fully saturated rings. The summed E-state index contributed by atoms with van der Waals surface area (Å²) in [5.74, 6) is 1.98. The molecule has 0 saturated carbocycles. The van der Waals surface area contributed by atoms with Gasteiger partial charge in [-0.25, -0.2) is 9.97 Å². The van der Waals surface area contributed by atoms with Crippen molar-refractivity contribution in [3.8, 4) is 5.82 Å². The van der Waals surface area contributed by atoms with Crippen molar-refractivity contribution in [3.05, 3.63) is 40.5 Å². The number of pyridine rings is 1. The zero-order valence-corrected chi connectivity index (χ0v) is 13.1. The van der Waals surface area contributed by atoms with Crippen LogP contribution in [0.4, 0.5) is 0 Å². The first kappa shape index (κ1) is 14.2. The lowest BCUT2D eigenvalue weighted by Crippen LogP contribution is -2.23. The zero-order chi connectivity index (χ0) is 13.8. The molecule has 2 heterocycles. The second-order valence-corrected chi connectivity index (χ2v) is 5.65. The van der Waals surface area contributed by atoms with Crippen LogP contribution in [0, 0.1) is 0 Å². The second kappa shape index (κ2) is 6.30. The molecule has 0 saturated heterocycles. The minimum Gasteiger partial charge on any atom is -0.310 e. The maximum atomic E-state index is 4.54. The highest BCUT2D eigenvalue weighted by Gasteiger charge is 2.10. The molecule has 102 valence electrons. The van der Waals surface area contributed by atoms with Gasteiger partial charge in [0.25, 0.3) is 0 Å². The molecule has 0 radical (unpaired) electrons. The summed E-state index contributed by atoms with van der Waals surface area (Å²) in [7, 11) is 0. The van der Waals surface area contributed by atoms with Gasteiger partial charge >= 0.3 is 0 Å². The normalized spacial score (nSPS) is 11.2. The van der Waals surface area contributed by atoms with Gasteiger partial charge in [-0.05, 0) is 22.0 Å². The van der Waals surface area contributed by atoms with Crippen LogP contribution in [0.2, 0.25) is 0 Å². The number of aromatic nitrogens is 3. The van der Waals surface area contributed by atoms with E-state index < -0.39 is 0 Å². The molecule has 2 rings (SSSR count). The van der Waals surface area contributed by atoms with E-state index in [2.05, 4.69) is 62.6 Å². The van der Waals surface area contributed by atoms with Gasteiger partial charge in [-0.15, -0.1) is 0 Å². The number of aryl methyl sites for hydroxylation is 1. The third-order valence-electron chi connectivity index (χ3n) is 2.87. The lowest BCUT2D eigenvalue weighted by atomic mass is 10.2. The molecular weight excluding hydrogens is 304 g/mol. The zero-order valence-electron chi connectivity index (χ0n) is 11.5. The van der Waals surface area contributed by atoms with Crippen LogP contribution in [-0.2, 0) is 13.0 Å². The molecule has 4 nitrogen and oxygen atoms in total. The summed E-state index contributed by atoms with van der Waals surface area (Å²) in [6.45, 7) is 7.17. The number of hydrogen-bond acceptors (Lipinski definition) is 3. The molecule has 0 aromatic carbocycles. The fourth-order valence-corrected chi connectivity index (χ4v) is 2.30. The standard InChI is InChI=1S/C14H19BrN4/c1-4-13-16-5-6-19(13)14-11(8-17-10(2)3)7-12(15)9-18-14/h5-7,9-10,17H,4,8H2,1-3H3. The average molecular weight is 323 g/mol. The number of nitrogens with zero attached hydrogens (tertiary/aromatic N) is 3. The SMILES string of the molecule is CCc1nccn1-c1ncc(Br)cc1CNC(C)C. The van der Waals surface area contributed by atoms with Gasteiger partial charge in [0.15, 0.2) is 0 Å². The first-order valence-electron chi connectivity index (χ1n) is 6.52. The van der Waals surface area contributed by atoms with E-state index in [4.69, 9.17) is 0 Å². The predicted molar refractivity (Wildman–Crippen MR) is 80.4 cm³/mol. The van der Waals surface area contributed by atoms with E-state index in [1.54, 1.807) is 0 Å². The van der Waals surface area contributed by atoms with Gasteiger partial charge in [0.1, 0.15) is 11.6 Å². The molecule has 0 spiro atoms. The van der Waals surface area contributed by atoms with Crippen LogP contribution >= 0.6 is 15.9 Å². The highest BCUT2D eigenvalue weighted by Crippen LogP contribution is 2.19. The van der Waals surface area contributed by atoms with Crippen molar-refractivity contribution in [1.82, 2.24) is 19.9 Å². The van der Waals surface area contributed by atoms with Crippen molar-refractivity contribution in [2.45, 2.75) is 39.8 Å². The van der Waals surface area contributed by atoms with E-state index >= 15 is 0 Å². The lowest BCUT2D eigenvalue weighted by molar-refractivity contribution is 0.585. The Morgan fingerprint density at radius 3 is 2.84 bits per heavy atom. The van der Waals surface area contributed by atoms with E-state index in [1.807, 2.05) is 18.6 Å². The highest BCUT2D eigenvalue weighted by molar-refractivity contribution is 9.10. The number of halogens is 1. The van der Waals surface area contributed by atoms with Gasteiger partial charge in [-0.2, -0.15) is 0 Å². The molecule has 0 aliphatic carbocycles. The van der Waals surface area contributed by atoms with Crippen molar-refractivity contribution in [3.63, 3.8) is 0 Å². The van der Waals surface area contributed by atoms with Crippen LogP contribution in [0.25, 0.3) is 5.82 Å². The number of imidazole rings is 1. The van der Waals surface area contributed by atoms with Crippen LogP contribution in [0.1, 0.15) is 32.2 Å². The second-order valence-electron chi connectivity index (χ2n) is 4.74. The Morgan fingerprint density at radius 1 is 1.37 bits per heavy atom. The quantitative estimate of drug-likeness (QED) is 0.919. The van der Waals surface area contributed by atoms with Crippen LogP contribution in [0.5, 0.6) is 0 Å². The third kappa shape index (κ3) is 3.42. The molecule has 2 aromatic heterocycles. The lowest BCUT2D eigenvalue weighted by Gasteiger charge is -2.14. The van der Waals surface area contributed by atoms with Crippen molar-refractivity contribution >= 4 is 15.9 Å². The summed E-state index contributed by atoms with van der Waals surface area (Å²) >= 11 is 3.49. The fourth-order valence-electron chi connectivity index (χ4n) is 1.92. The predicted octanol–water partition coefficient (Wildman–Crippen LogP) is 3.09. The first-order chi connectivity index (χ1) is 9.11.